The van der Waals surface area contributed by atoms with Crippen molar-refractivity contribution in [3.63, 3.8) is 0 Å². The maximum atomic E-state index is 2.48. The highest BCUT2D eigenvalue weighted by molar-refractivity contribution is 6.25. The van der Waals surface area contributed by atoms with Crippen molar-refractivity contribution < 1.29 is 0 Å². The van der Waals surface area contributed by atoms with Gasteiger partial charge in [0.15, 0.2) is 0 Å². The zero-order valence-corrected chi connectivity index (χ0v) is 35.7. The molecular formula is C61H46. The minimum Gasteiger partial charge on any atom is -0.0619 e. The van der Waals surface area contributed by atoms with Crippen molar-refractivity contribution in [3.05, 3.63) is 203 Å². The average Bonchev–Trinajstić information content (AvgIpc) is 3.76. The number of hydrogen-bond acceptors (Lipinski definition) is 0. The van der Waals surface area contributed by atoms with Crippen LogP contribution in [0.2, 0.25) is 0 Å². The first-order valence-corrected chi connectivity index (χ1v) is 22.0. The van der Waals surface area contributed by atoms with E-state index in [2.05, 4.69) is 211 Å². The van der Waals surface area contributed by atoms with Gasteiger partial charge in [-0.3, -0.25) is 0 Å². The lowest BCUT2D eigenvalue weighted by atomic mass is 9.79. The molecule has 10 aromatic rings. The van der Waals surface area contributed by atoms with Crippen LogP contribution in [0.1, 0.15) is 74.9 Å². The van der Waals surface area contributed by atoms with Crippen molar-refractivity contribution in [3.8, 4) is 66.8 Å². The van der Waals surface area contributed by atoms with E-state index in [0.29, 0.717) is 0 Å². The molecule has 0 heteroatoms. The topological polar surface area (TPSA) is 0 Å². The van der Waals surface area contributed by atoms with E-state index < -0.39 is 0 Å². The molecule has 3 aliphatic carbocycles. The van der Waals surface area contributed by atoms with Gasteiger partial charge in [0.05, 0.1) is 0 Å². The zero-order chi connectivity index (χ0) is 41.2. The molecule has 0 saturated carbocycles. The molecule has 10 aromatic carbocycles. The lowest BCUT2D eigenvalue weighted by molar-refractivity contribution is 0.659. The van der Waals surface area contributed by atoms with Crippen LogP contribution in [-0.2, 0) is 16.2 Å². The number of fused-ring (bicyclic) bond motifs is 9. The number of hydrogen-bond donors (Lipinski definition) is 0. The highest BCUT2D eigenvalue weighted by Crippen LogP contribution is 2.55. The van der Waals surface area contributed by atoms with Gasteiger partial charge in [0.2, 0.25) is 0 Å². The Hall–Kier alpha value is -6.76. The first-order chi connectivity index (χ1) is 29.5. The van der Waals surface area contributed by atoms with Crippen molar-refractivity contribution in [1.82, 2.24) is 0 Å². The van der Waals surface area contributed by atoms with Crippen LogP contribution in [0.15, 0.2) is 170 Å². The summed E-state index contributed by atoms with van der Waals surface area (Å²) in [6.45, 7) is 14.4. The summed E-state index contributed by atoms with van der Waals surface area (Å²) in [6.07, 6.45) is 0. The molecule has 0 bridgehead atoms. The minimum atomic E-state index is -0.140. The second kappa shape index (κ2) is 11.7. The van der Waals surface area contributed by atoms with Crippen molar-refractivity contribution in [2.75, 3.05) is 0 Å². The molecule has 0 N–H and O–H groups in total. The predicted molar refractivity (Wildman–Crippen MR) is 259 cm³/mol. The predicted octanol–water partition coefficient (Wildman–Crippen LogP) is 16.5. The Bertz CT molecular complexity index is 3530. The van der Waals surface area contributed by atoms with Crippen LogP contribution in [0.4, 0.5) is 0 Å². The molecule has 0 unspecified atom stereocenters. The van der Waals surface area contributed by atoms with Gasteiger partial charge in [0, 0.05) is 16.2 Å². The van der Waals surface area contributed by atoms with Gasteiger partial charge in [0.1, 0.15) is 0 Å². The Morgan fingerprint density at radius 1 is 0.246 bits per heavy atom. The normalized spacial score (nSPS) is 15.8. The molecule has 290 valence electrons. The summed E-state index contributed by atoms with van der Waals surface area (Å²) in [5.74, 6) is 0. The monoisotopic (exact) mass is 778 g/mol. The second-order valence-corrected chi connectivity index (χ2v) is 19.7. The first-order valence-electron chi connectivity index (χ1n) is 22.0. The minimum absolute atomic E-state index is 0.0186. The SMILES string of the molecule is CC1(C)c2ccccc2-c2ccc(-c3ccc4c(c3)C(C)(C)c3cc(-c5ccc6c(c5)C(C)(C)c5cc(-c7ccc8ccc9cccc%10ccc7c8c9%10)ccc5-6)ccc3-4)cc21. The standard InChI is InChI=1S/C61H46/c1-59(2)51-13-8-7-12-44(51)45-24-18-38(30-52(45)59)39-19-25-46-47-26-20-40(32-54(47)60(3,4)53(46)31-39)41-21-27-48-49-28-22-42(34-56(49)61(5,6)55(48)33-41)43-23-16-37-15-14-35-10-9-11-36-17-29-50(43)58(37)57(35)36/h7-34H,1-6H3. The van der Waals surface area contributed by atoms with E-state index in [4.69, 9.17) is 0 Å². The van der Waals surface area contributed by atoms with Crippen LogP contribution in [0, 0.1) is 0 Å². The summed E-state index contributed by atoms with van der Waals surface area (Å²) in [4.78, 5) is 0. The number of rotatable bonds is 3. The van der Waals surface area contributed by atoms with E-state index in [0.717, 1.165) is 0 Å². The van der Waals surface area contributed by atoms with E-state index in [9.17, 15) is 0 Å². The van der Waals surface area contributed by atoms with Crippen LogP contribution >= 0.6 is 0 Å². The molecule has 13 rings (SSSR count). The fourth-order valence-electron chi connectivity index (χ4n) is 12.1. The quantitative estimate of drug-likeness (QED) is 0.157. The molecule has 0 radical (unpaired) electrons. The summed E-state index contributed by atoms with van der Waals surface area (Å²) in [7, 11) is 0. The van der Waals surface area contributed by atoms with Crippen LogP contribution in [0.25, 0.3) is 99.1 Å². The highest BCUT2D eigenvalue weighted by Gasteiger charge is 2.39. The average molecular weight is 779 g/mol. The third-order valence-electron chi connectivity index (χ3n) is 15.4. The van der Waals surface area contributed by atoms with Gasteiger partial charge >= 0.3 is 0 Å². The van der Waals surface area contributed by atoms with Gasteiger partial charge in [-0.25, -0.2) is 0 Å². The maximum absolute atomic E-state index is 2.48. The molecule has 0 amide bonds. The summed E-state index contributed by atoms with van der Waals surface area (Å²) >= 11 is 0. The van der Waals surface area contributed by atoms with Gasteiger partial charge in [0.25, 0.3) is 0 Å². The third-order valence-corrected chi connectivity index (χ3v) is 15.4. The van der Waals surface area contributed by atoms with Gasteiger partial charge in [-0.1, -0.05) is 181 Å². The largest absolute Gasteiger partial charge is 0.0619 e. The van der Waals surface area contributed by atoms with E-state index in [1.165, 1.54) is 132 Å². The highest BCUT2D eigenvalue weighted by atomic mass is 14.4. The molecule has 0 aliphatic heterocycles. The van der Waals surface area contributed by atoms with Gasteiger partial charge in [-0.2, -0.15) is 0 Å². The van der Waals surface area contributed by atoms with Crippen LogP contribution in [-0.4, -0.2) is 0 Å². The molecule has 0 atom stereocenters. The Kier molecular flexibility index (Phi) is 6.74. The molecule has 0 nitrogen and oxygen atoms in total. The van der Waals surface area contributed by atoms with E-state index in [-0.39, 0.29) is 16.2 Å². The van der Waals surface area contributed by atoms with Crippen LogP contribution in [0.3, 0.4) is 0 Å². The van der Waals surface area contributed by atoms with Gasteiger partial charge in [-0.05, 0) is 163 Å². The van der Waals surface area contributed by atoms with Crippen molar-refractivity contribution in [1.29, 1.82) is 0 Å². The van der Waals surface area contributed by atoms with Crippen molar-refractivity contribution in [2.45, 2.75) is 57.8 Å². The van der Waals surface area contributed by atoms with Gasteiger partial charge < -0.3 is 0 Å². The Balaban J connectivity index is 0.843. The molecule has 0 fully saturated rings. The summed E-state index contributed by atoms with van der Waals surface area (Å²) in [5, 5.41) is 7.99. The van der Waals surface area contributed by atoms with E-state index in [1.807, 2.05) is 0 Å². The molecular weight excluding hydrogens is 733 g/mol. The fraction of sp³-hybridized carbons (Fsp3) is 0.148. The second-order valence-electron chi connectivity index (χ2n) is 19.7. The lowest BCUT2D eigenvalue weighted by Gasteiger charge is -2.24. The van der Waals surface area contributed by atoms with Crippen LogP contribution in [0.5, 0.6) is 0 Å². The third kappa shape index (κ3) is 4.60. The van der Waals surface area contributed by atoms with E-state index in [1.54, 1.807) is 0 Å². The Morgan fingerprint density at radius 2 is 0.590 bits per heavy atom. The molecule has 0 aromatic heterocycles. The van der Waals surface area contributed by atoms with Crippen molar-refractivity contribution in [2.24, 2.45) is 0 Å². The molecule has 61 heavy (non-hydrogen) atoms. The van der Waals surface area contributed by atoms with Crippen molar-refractivity contribution >= 4 is 32.3 Å². The first kappa shape index (κ1) is 35.0. The molecule has 0 spiro atoms. The summed E-state index contributed by atoms with van der Waals surface area (Å²) in [6, 6.07) is 65.3. The zero-order valence-electron chi connectivity index (χ0n) is 35.7. The van der Waals surface area contributed by atoms with Crippen LogP contribution < -0.4 is 0 Å². The fourth-order valence-corrected chi connectivity index (χ4v) is 12.1. The Labute approximate surface area is 358 Å². The number of benzene rings is 10. The van der Waals surface area contributed by atoms with Gasteiger partial charge in [-0.15, -0.1) is 0 Å². The molecule has 0 heterocycles. The molecule has 0 saturated heterocycles. The molecule has 3 aliphatic rings. The summed E-state index contributed by atoms with van der Waals surface area (Å²) < 4.78 is 0. The maximum Gasteiger partial charge on any atom is 0.0159 e. The lowest BCUT2D eigenvalue weighted by Crippen LogP contribution is -2.16. The smallest absolute Gasteiger partial charge is 0.0159 e. The Morgan fingerprint density at radius 3 is 1.08 bits per heavy atom. The van der Waals surface area contributed by atoms with E-state index >= 15 is 0 Å². The summed E-state index contributed by atoms with van der Waals surface area (Å²) in [5.41, 5.74) is 24.1.